The number of benzene rings is 1. The number of hydrogen-bond donors (Lipinski definition) is 1. The molecule has 0 unspecified atom stereocenters. The molecule has 0 radical (unpaired) electrons. The number of anilines is 1. The van der Waals surface area contributed by atoms with Gasteiger partial charge in [0.05, 0.1) is 20.3 Å². The van der Waals surface area contributed by atoms with E-state index in [4.69, 9.17) is 9.47 Å². The minimum atomic E-state index is 0. The van der Waals surface area contributed by atoms with Gasteiger partial charge in [-0.25, -0.2) is 9.97 Å². The summed E-state index contributed by atoms with van der Waals surface area (Å²) in [5, 5.41) is 3.38. The number of methoxy groups -OCH3 is 1. The van der Waals surface area contributed by atoms with Crippen molar-refractivity contribution < 1.29 is 9.47 Å². The predicted molar refractivity (Wildman–Crippen MR) is 125 cm³/mol. The standard InChI is InChI=1S/C20H28N6O2.HI/c1-21-19(24-10-15-28-16-17-6-3-4-7-18(17)27-2)25-11-13-26(14-12-25)20-22-8-5-9-23-20;/h3-9H,10-16H2,1-2H3,(H,21,24);1H. The number of aromatic nitrogens is 2. The van der Waals surface area contributed by atoms with E-state index in [1.165, 1.54) is 0 Å². The molecular formula is C20H29IN6O2. The molecule has 2 heterocycles. The van der Waals surface area contributed by atoms with Crippen LogP contribution in [0.1, 0.15) is 5.56 Å². The molecule has 2 aromatic rings. The predicted octanol–water partition coefficient (Wildman–Crippen LogP) is 2.02. The lowest BCUT2D eigenvalue weighted by atomic mass is 10.2. The third kappa shape index (κ3) is 6.70. The van der Waals surface area contributed by atoms with Crippen LogP contribution in [0.15, 0.2) is 47.7 Å². The van der Waals surface area contributed by atoms with E-state index in [0.29, 0.717) is 19.8 Å². The molecule has 8 nitrogen and oxygen atoms in total. The van der Waals surface area contributed by atoms with E-state index >= 15 is 0 Å². The second-order valence-corrected chi connectivity index (χ2v) is 6.36. The van der Waals surface area contributed by atoms with Crippen molar-refractivity contribution in [2.75, 3.05) is 58.4 Å². The van der Waals surface area contributed by atoms with Crippen molar-refractivity contribution in [3.05, 3.63) is 48.3 Å². The zero-order valence-corrected chi connectivity index (χ0v) is 19.3. The number of guanidine groups is 1. The number of para-hydroxylation sites is 1. The van der Waals surface area contributed by atoms with E-state index in [1.54, 1.807) is 19.5 Å². The normalized spacial score (nSPS) is 14.3. The van der Waals surface area contributed by atoms with Crippen LogP contribution in [0.5, 0.6) is 5.75 Å². The van der Waals surface area contributed by atoms with Gasteiger partial charge in [0.2, 0.25) is 5.95 Å². The number of piperazine rings is 1. The average Bonchev–Trinajstić information content (AvgIpc) is 2.77. The van der Waals surface area contributed by atoms with Crippen LogP contribution in [-0.4, -0.2) is 74.3 Å². The molecule has 1 aromatic heterocycles. The van der Waals surface area contributed by atoms with Gasteiger partial charge < -0.3 is 24.6 Å². The van der Waals surface area contributed by atoms with E-state index in [0.717, 1.165) is 49.4 Å². The molecule has 1 fully saturated rings. The fourth-order valence-corrected chi connectivity index (χ4v) is 3.14. The minimum absolute atomic E-state index is 0. The first-order valence-corrected chi connectivity index (χ1v) is 9.49. The van der Waals surface area contributed by atoms with Crippen LogP contribution < -0.4 is 15.0 Å². The van der Waals surface area contributed by atoms with Gasteiger partial charge in [0.25, 0.3) is 0 Å². The summed E-state index contributed by atoms with van der Waals surface area (Å²) in [4.78, 5) is 17.5. The molecule has 1 aliphatic rings. The van der Waals surface area contributed by atoms with Crippen molar-refractivity contribution in [1.29, 1.82) is 0 Å². The maximum absolute atomic E-state index is 5.78. The molecule has 0 aliphatic carbocycles. The lowest BCUT2D eigenvalue weighted by Crippen LogP contribution is -2.53. The first-order valence-electron chi connectivity index (χ1n) is 9.49. The Labute approximate surface area is 189 Å². The third-order valence-corrected chi connectivity index (χ3v) is 4.61. The third-order valence-electron chi connectivity index (χ3n) is 4.61. The van der Waals surface area contributed by atoms with Crippen LogP contribution in [0, 0.1) is 0 Å². The average molecular weight is 512 g/mol. The highest BCUT2D eigenvalue weighted by Crippen LogP contribution is 2.17. The highest BCUT2D eigenvalue weighted by atomic mass is 127. The molecule has 3 rings (SSSR count). The van der Waals surface area contributed by atoms with Crippen molar-refractivity contribution in [2.45, 2.75) is 6.61 Å². The Morgan fingerprint density at radius 3 is 2.52 bits per heavy atom. The van der Waals surface area contributed by atoms with Crippen molar-refractivity contribution in [1.82, 2.24) is 20.2 Å². The lowest BCUT2D eigenvalue weighted by Gasteiger charge is -2.36. The second kappa shape index (κ2) is 12.4. The molecule has 0 spiro atoms. The van der Waals surface area contributed by atoms with Crippen LogP contribution in [0.3, 0.4) is 0 Å². The van der Waals surface area contributed by atoms with E-state index in [2.05, 4.69) is 30.1 Å². The molecule has 29 heavy (non-hydrogen) atoms. The van der Waals surface area contributed by atoms with E-state index < -0.39 is 0 Å². The largest absolute Gasteiger partial charge is 0.496 e. The zero-order chi connectivity index (χ0) is 19.6. The first kappa shape index (κ1) is 23.1. The van der Waals surface area contributed by atoms with Gasteiger partial charge in [-0.2, -0.15) is 0 Å². The van der Waals surface area contributed by atoms with Gasteiger partial charge >= 0.3 is 0 Å². The number of aliphatic imine (C=N–C) groups is 1. The monoisotopic (exact) mass is 512 g/mol. The maximum atomic E-state index is 5.78. The Hall–Kier alpha value is -2.14. The quantitative estimate of drug-likeness (QED) is 0.263. The summed E-state index contributed by atoms with van der Waals surface area (Å²) in [6.45, 7) is 5.31. The van der Waals surface area contributed by atoms with Crippen LogP contribution in [0.4, 0.5) is 5.95 Å². The van der Waals surface area contributed by atoms with Gasteiger partial charge in [-0.3, -0.25) is 4.99 Å². The highest BCUT2D eigenvalue weighted by Gasteiger charge is 2.20. The number of halogens is 1. The Morgan fingerprint density at radius 2 is 1.83 bits per heavy atom. The second-order valence-electron chi connectivity index (χ2n) is 6.36. The molecule has 1 saturated heterocycles. The highest BCUT2D eigenvalue weighted by molar-refractivity contribution is 14.0. The minimum Gasteiger partial charge on any atom is -0.496 e. The molecule has 0 amide bonds. The Morgan fingerprint density at radius 1 is 1.10 bits per heavy atom. The number of rotatable bonds is 7. The van der Waals surface area contributed by atoms with Crippen LogP contribution >= 0.6 is 24.0 Å². The summed E-state index contributed by atoms with van der Waals surface area (Å²) in [5.74, 6) is 2.54. The van der Waals surface area contributed by atoms with Gasteiger partial charge in [-0.15, -0.1) is 24.0 Å². The van der Waals surface area contributed by atoms with Gasteiger partial charge in [-0.05, 0) is 12.1 Å². The molecule has 0 atom stereocenters. The molecule has 1 aliphatic heterocycles. The maximum Gasteiger partial charge on any atom is 0.225 e. The van der Waals surface area contributed by atoms with E-state index in [-0.39, 0.29) is 24.0 Å². The number of nitrogens with one attached hydrogen (secondary N) is 1. The van der Waals surface area contributed by atoms with Gasteiger partial charge in [0.1, 0.15) is 5.75 Å². The molecule has 1 aromatic carbocycles. The summed E-state index contributed by atoms with van der Waals surface area (Å²) < 4.78 is 11.1. The van der Waals surface area contributed by atoms with E-state index in [1.807, 2.05) is 37.4 Å². The van der Waals surface area contributed by atoms with Gasteiger partial charge in [-0.1, -0.05) is 18.2 Å². The number of hydrogen-bond acceptors (Lipinski definition) is 6. The van der Waals surface area contributed by atoms with Gasteiger partial charge in [0, 0.05) is 57.7 Å². The topological polar surface area (TPSA) is 75.1 Å². The van der Waals surface area contributed by atoms with Crippen LogP contribution in [0.25, 0.3) is 0 Å². The van der Waals surface area contributed by atoms with Crippen LogP contribution in [0.2, 0.25) is 0 Å². The van der Waals surface area contributed by atoms with Crippen molar-refractivity contribution in [2.24, 2.45) is 4.99 Å². The molecule has 9 heteroatoms. The van der Waals surface area contributed by atoms with Gasteiger partial charge in [0.15, 0.2) is 5.96 Å². The molecule has 0 saturated carbocycles. The number of ether oxygens (including phenoxy) is 2. The van der Waals surface area contributed by atoms with Crippen LogP contribution in [-0.2, 0) is 11.3 Å². The van der Waals surface area contributed by atoms with Crippen molar-refractivity contribution in [3.63, 3.8) is 0 Å². The molecule has 158 valence electrons. The van der Waals surface area contributed by atoms with E-state index in [9.17, 15) is 0 Å². The molecule has 1 N–H and O–H groups in total. The summed E-state index contributed by atoms with van der Waals surface area (Å²) in [5.41, 5.74) is 1.05. The SMILES string of the molecule is CN=C(NCCOCc1ccccc1OC)N1CCN(c2ncccn2)CC1.I. The summed E-state index contributed by atoms with van der Waals surface area (Å²) >= 11 is 0. The first-order chi connectivity index (χ1) is 13.8. The smallest absolute Gasteiger partial charge is 0.225 e. The Bertz CT molecular complexity index is 754. The fraction of sp³-hybridized carbons (Fsp3) is 0.450. The summed E-state index contributed by atoms with van der Waals surface area (Å²) in [7, 11) is 3.48. The molecule has 0 bridgehead atoms. The number of nitrogens with zero attached hydrogens (tertiary/aromatic N) is 5. The molecular weight excluding hydrogens is 483 g/mol. The Kier molecular flexibility index (Phi) is 9.92. The fourth-order valence-electron chi connectivity index (χ4n) is 3.14. The summed E-state index contributed by atoms with van der Waals surface area (Å²) in [6, 6.07) is 9.74. The summed E-state index contributed by atoms with van der Waals surface area (Å²) in [6.07, 6.45) is 3.56. The van der Waals surface area contributed by atoms with Crippen molar-refractivity contribution >= 4 is 35.9 Å². The Balaban J connectivity index is 0.00000300. The zero-order valence-electron chi connectivity index (χ0n) is 17.0. The lowest BCUT2D eigenvalue weighted by molar-refractivity contribution is 0.123. The van der Waals surface area contributed by atoms with Crippen molar-refractivity contribution in [3.8, 4) is 5.75 Å².